The Bertz CT molecular complexity index is 409. The number of anilines is 1. The minimum atomic E-state index is 0.727. The number of nitrogens with zero attached hydrogens (tertiary/aromatic N) is 1. The summed E-state index contributed by atoms with van der Waals surface area (Å²) in [6, 6.07) is 6.92. The zero-order valence-electron chi connectivity index (χ0n) is 12.6. The van der Waals surface area contributed by atoms with Crippen LogP contribution in [0.5, 0.6) is 0 Å². The highest BCUT2D eigenvalue weighted by atomic mass is 32.2. The van der Waals surface area contributed by atoms with Gasteiger partial charge in [0.15, 0.2) is 0 Å². The molecule has 1 aromatic carbocycles. The van der Waals surface area contributed by atoms with Gasteiger partial charge in [-0.2, -0.15) is 11.8 Å². The Morgan fingerprint density at radius 2 is 1.95 bits per heavy atom. The number of thioether (sulfide) groups is 1. The Morgan fingerprint density at radius 1 is 1.26 bits per heavy atom. The van der Waals surface area contributed by atoms with Crippen LogP contribution in [0.1, 0.15) is 31.9 Å². The summed E-state index contributed by atoms with van der Waals surface area (Å²) in [5.74, 6) is 0. The number of hydrogen-bond donors (Lipinski definition) is 1. The molecule has 3 heteroatoms. The maximum absolute atomic E-state index is 3.40. The van der Waals surface area contributed by atoms with Gasteiger partial charge in [0.2, 0.25) is 0 Å². The molecule has 2 nitrogen and oxygen atoms in total. The van der Waals surface area contributed by atoms with E-state index in [1.54, 1.807) is 0 Å². The fourth-order valence-electron chi connectivity index (χ4n) is 2.72. The van der Waals surface area contributed by atoms with E-state index in [9.17, 15) is 0 Å². The van der Waals surface area contributed by atoms with Gasteiger partial charge in [-0.05, 0) is 36.7 Å². The van der Waals surface area contributed by atoms with Gasteiger partial charge in [0.25, 0.3) is 0 Å². The topological polar surface area (TPSA) is 15.3 Å². The molecule has 0 saturated carbocycles. The standard InChI is InChI=1S/C16H26N2S/c1-5-17-9-15-6-7-16(8-12(15)2)18-10-13(3)19-14(4)11-18/h6-8,13-14,17H,5,9-11H2,1-4H3. The predicted octanol–water partition coefficient (Wildman–Crippen LogP) is 3.43. The molecule has 0 radical (unpaired) electrons. The van der Waals surface area contributed by atoms with E-state index in [1.807, 2.05) is 0 Å². The van der Waals surface area contributed by atoms with E-state index >= 15 is 0 Å². The summed E-state index contributed by atoms with van der Waals surface area (Å²) < 4.78 is 0. The molecule has 0 aliphatic carbocycles. The first-order chi connectivity index (χ1) is 9.10. The summed E-state index contributed by atoms with van der Waals surface area (Å²) in [5, 5.41) is 4.86. The van der Waals surface area contributed by atoms with Crippen molar-refractivity contribution >= 4 is 17.4 Å². The molecule has 0 bridgehead atoms. The molecule has 1 N–H and O–H groups in total. The lowest BCUT2D eigenvalue weighted by atomic mass is 10.1. The lowest BCUT2D eigenvalue weighted by Gasteiger charge is -2.36. The molecule has 2 atom stereocenters. The van der Waals surface area contributed by atoms with Gasteiger partial charge in [-0.25, -0.2) is 0 Å². The Balaban J connectivity index is 2.10. The van der Waals surface area contributed by atoms with Crippen molar-refractivity contribution in [3.05, 3.63) is 29.3 Å². The van der Waals surface area contributed by atoms with Crippen LogP contribution >= 0.6 is 11.8 Å². The predicted molar refractivity (Wildman–Crippen MR) is 87.3 cm³/mol. The number of aryl methyl sites for hydroxylation is 1. The summed E-state index contributed by atoms with van der Waals surface area (Å²) in [6.45, 7) is 13.4. The lowest BCUT2D eigenvalue weighted by molar-refractivity contribution is 0.718. The van der Waals surface area contributed by atoms with E-state index in [0.717, 1.165) is 23.6 Å². The quantitative estimate of drug-likeness (QED) is 0.908. The molecule has 0 amide bonds. The van der Waals surface area contributed by atoms with Crippen molar-refractivity contribution in [2.75, 3.05) is 24.5 Å². The van der Waals surface area contributed by atoms with Crippen LogP contribution in [0.15, 0.2) is 18.2 Å². The van der Waals surface area contributed by atoms with Crippen molar-refractivity contribution in [3.8, 4) is 0 Å². The van der Waals surface area contributed by atoms with Gasteiger partial charge in [0.05, 0.1) is 0 Å². The van der Waals surface area contributed by atoms with Crippen molar-refractivity contribution in [1.29, 1.82) is 0 Å². The highest BCUT2D eigenvalue weighted by molar-refractivity contribution is 8.00. The number of benzene rings is 1. The summed E-state index contributed by atoms with van der Waals surface area (Å²) in [4.78, 5) is 2.54. The first-order valence-corrected chi connectivity index (χ1v) is 8.25. The van der Waals surface area contributed by atoms with Gasteiger partial charge < -0.3 is 10.2 Å². The molecule has 106 valence electrons. The highest BCUT2D eigenvalue weighted by Gasteiger charge is 2.22. The number of rotatable bonds is 4. The fraction of sp³-hybridized carbons (Fsp3) is 0.625. The molecular formula is C16H26N2S. The minimum Gasteiger partial charge on any atom is -0.369 e. The monoisotopic (exact) mass is 278 g/mol. The van der Waals surface area contributed by atoms with Crippen LogP contribution in [0.2, 0.25) is 0 Å². The van der Waals surface area contributed by atoms with Crippen LogP contribution in [0.3, 0.4) is 0 Å². The third-order valence-corrected chi connectivity index (χ3v) is 4.90. The maximum atomic E-state index is 3.40. The summed E-state index contributed by atoms with van der Waals surface area (Å²) >= 11 is 2.11. The van der Waals surface area contributed by atoms with Gasteiger partial charge in [-0.1, -0.05) is 26.8 Å². The number of nitrogens with one attached hydrogen (secondary N) is 1. The van der Waals surface area contributed by atoms with E-state index < -0.39 is 0 Å². The lowest BCUT2D eigenvalue weighted by Crippen LogP contribution is -2.40. The molecule has 1 saturated heterocycles. The Hall–Kier alpha value is -0.670. The third kappa shape index (κ3) is 3.90. The smallest absolute Gasteiger partial charge is 0.0369 e. The second kappa shape index (κ2) is 6.67. The maximum Gasteiger partial charge on any atom is 0.0369 e. The van der Waals surface area contributed by atoms with E-state index in [1.165, 1.54) is 29.9 Å². The molecule has 1 aliphatic rings. The Kier molecular flexibility index (Phi) is 5.17. The minimum absolute atomic E-state index is 0.727. The summed E-state index contributed by atoms with van der Waals surface area (Å²) in [7, 11) is 0. The largest absolute Gasteiger partial charge is 0.369 e. The van der Waals surface area contributed by atoms with Crippen molar-refractivity contribution in [2.24, 2.45) is 0 Å². The molecule has 0 spiro atoms. The highest BCUT2D eigenvalue weighted by Crippen LogP contribution is 2.29. The first-order valence-electron chi connectivity index (χ1n) is 7.30. The molecule has 2 rings (SSSR count). The Labute approximate surface area is 122 Å². The summed E-state index contributed by atoms with van der Waals surface area (Å²) in [5.41, 5.74) is 4.20. The third-order valence-electron chi connectivity index (χ3n) is 3.68. The molecule has 1 fully saturated rings. The SMILES string of the molecule is CCNCc1ccc(N2CC(C)SC(C)C2)cc1C. The van der Waals surface area contributed by atoms with Crippen molar-refractivity contribution in [3.63, 3.8) is 0 Å². The Morgan fingerprint density at radius 3 is 2.53 bits per heavy atom. The van der Waals surface area contributed by atoms with Crippen LogP contribution in [0, 0.1) is 6.92 Å². The van der Waals surface area contributed by atoms with E-state index in [2.05, 4.69) is 67.9 Å². The zero-order valence-corrected chi connectivity index (χ0v) is 13.4. The van der Waals surface area contributed by atoms with Crippen LogP contribution in [0.4, 0.5) is 5.69 Å². The van der Waals surface area contributed by atoms with E-state index in [4.69, 9.17) is 0 Å². The average molecular weight is 278 g/mol. The molecule has 2 unspecified atom stereocenters. The van der Waals surface area contributed by atoms with Gasteiger partial charge >= 0.3 is 0 Å². The molecule has 0 aromatic heterocycles. The van der Waals surface area contributed by atoms with Crippen molar-refractivity contribution < 1.29 is 0 Å². The van der Waals surface area contributed by atoms with Crippen molar-refractivity contribution in [1.82, 2.24) is 5.32 Å². The molecular weight excluding hydrogens is 252 g/mol. The first kappa shape index (κ1) is 14.7. The van der Waals surface area contributed by atoms with Crippen LogP contribution in [-0.2, 0) is 6.54 Å². The molecule has 1 heterocycles. The number of hydrogen-bond acceptors (Lipinski definition) is 3. The summed E-state index contributed by atoms with van der Waals surface area (Å²) in [6.07, 6.45) is 0. The van der Waals surface area contributed by atoms with Gasteiger partial charge in [-0.15, -0.1) is 0 Å². The van der Waals surface area contributed by atoms with Gasteiger partial charge in [0.1, 0.15) is 0 Å². The molecule has 19 heavy (non-hydrogen) atoms. The van der Waals surface area contributed by atoms with Crippen LogP contribution in [-0.4, -0.2) is 30.1 Å². The van der Waals surface area contributed by atoms with Crippen LogP contribution < -0.4 is 10.2 Å². The van der Waals surface area contributed by atoms with E-state index in [-0.39, 0.29) is 0 Å². The second-order valence-electron chi connectivity index (χ2n) is 5.55. The zero-order chi connectivity index (χ0) is 13.8. The van der Waals surface area contributed by atoms with Gasteiger partial charge in [-0.3, -0.25) is 0 Å². The molecule has 1 aromatic rings. The normalized spacial score (nSPS) is 23.7. The van der Waals surface area contributed by atoms with Crippen LogP contribution in [0.25, 0.3) is 0 Å². The van der Waals surface area contributed by atoms with E-state index in [0.29, 0.717) is 0 Å². The average Bonchev–Trinajstić information content (AvgIpc) is 2.36. The fourth-order valence-corrected chi connectivity index (χ4v) is 4.05. The molecule has 1 aliphatic heterocycles. The van der Waals surface area contributed by atoms with Crippen molar-refractivity contribution in [2.45, 2.75) is 44.7 Å². The van der Waals surface area contributed by atoms with Gasteiger partial charge in [0, 0.05) is 35.8 Å². The second-order valence-corrected chi connectivity index (χ2v) is 7.44.